The lowest BCUT2D eigenvalue weighted by Gasteiger charge is -2.46. The molecule has 2 bridgehead atoms. The largest absolute Gasteiger partial charge is 0.328 e. The van der Waals surface area contributed by atoms with Gasteiger partial charge in [-0.25, -0.2) is 8.42 Å². The lowest BCUT2D eigenvalue weighted by atomic mass is 9.84. The Morgan fingerprint density at radius 3 is 2.48 bits per heavy atom. The highest BCUT2D eigenvalue weighted by atomic mass is 32.2. The van der Waals surface area contributed by atoms with Gasteiger partial charge in [0.2, 0.25) is 10.0 Å². The van der Waals surface area contributed by atoms with Crippen molar-refractivity contribution < 1.29 is 13.2 Å². The number of fused-ring (bicyclic) bond motifs is 3. The summed E-state index contributed by atoms with van der Waals surface area (Å²) in [6, 6.07) is 5.16. The van der Waals surface area contributed by atoms with Crippen LogP contribution in [-0.2, 0) is 16.4 Å². The van der Waals surface area contributed by atoms with E-state index < -0.39 is 10.0 Å². The summed E-state index contributed by atoms with van der Waals surface area (Å²) in [5, 5.41) is 0. The van der Waals surface area contributed by atoms with Crippen molar-refractivity contribution in [1.82, 2.24) is 4.31 Å². The molecule has 23 heavy (non-hydrogen) atoms. The number of sulfonamides is 1. The van der Waals surface area contributed by atoms with Crippen molar-refractivity contribution in [3.63, 3.8) is 0 Å². The van der Waals surface area contributed by atoms with E-state index in [2.05, 4.69) is 0 Å². The third kappa shape index (κ3) is 2.44. The van der Waals surface area contributed by atoms with Gasteiger partial charge in [-0.2, -0.15) is 4.31 Å². The topological polar surface area (TPSA) is 80.5 Å². The maximum atomic E-state index is 13.2. The van der Waals surface area contributed by atoms with Crippen LogP contribution in [-0.4, -0.2) is 36.6 Å². The molecule has 0 aromatic heterocycles. The summed E-state index contributed by atoms with van der Waals surface area (Å²) in [6.07, 6.45) is 5.51. The van der Waals surface area contributed by atoms with Crippen molar-refractivity contribution in [1.29, 1.82) is 0 Å². The predicted molar refractivity (Wildman–Crippen MR) is 86.8 cm³/mol. The predicted octanol–water partition coefficient (Wildman–Crippen LogP) is 1.85. The van der Waals surface area contributed by atoms with E-state index in [0.29, 0.717) is 12.0 Å². The Hall–Kier alpha value is -1.24. The molecular formula is C17H22N2O3S. The molecule has 0 saturated carbocycles. The van der Waals surface area contributed by atoms with Gasteiger partial charge in [-0.1, -0.05) is 12.5 Å². The van der Waals surface area contributed by atoms with E-state index in [-0.39, 0.29) is 28.8 Å². The fraction of sp³-hybridized carbons (Fsp3) is 0.588. The molecule has 4 rings (SSSR count). The molecule has 2 aliphatic heterocycles. The summed E-state index contributed by atoms with van der Waals surface area (Å²) >= 11 is 0. The number of hydrogen-bond donors (Lipinski definition) is 1. The number of rotatable bonds is 2. The van der Waals surface area contributed by atoms with Crippen LogP contribution in [0.4, 0.5) is 0 Å². The van der Waals surface area contributed by atoms with E-state index in [0.717, 1.165) is 44.1 Å². The zero-order chi connectivity index (χ0) is 16.2. The van der Waals surface area contributed by atoms with Crippen LogP contribution in [0.1, 0.15) is 54.4 Å². The minimum atomic E-state index is -3.56. The average molecular weight is 334 g/mol. The molecule has 2 heterocycles. The van der Waals surface area contributed by atoms with Crippen molar-refractivity contribution in [2.45, 2.75) is 68.0 Å². The average Bonchev–Trinajstić information content (AvgIpc) is 2.87. The Bertz CT molecular complexity index is 745. The quantitative estimate of drug-likeness (QED) is 0.895. The van der Waals surface area contributed by atoms with Crippen LogP contribution in [0.5, 0.6) is 0 Å². The van der Waals surface area contributed by atoms with Crippen molar-refractivity contribution in [2.24, 2.45) is 5.73 Å². The van der Waals surface area contributed by atoms with Crippen LogP contribution in [0.15, 0.2) is 23.1 Å². The van der Waals surface area contributed by atoms with E-state index >= 15 is 0 Å². The summed E-state index contributed by atoms with van der Waals surface area (Å²) < 4.78 is 28.1. The first-order chi connectivity index (χ1) is 11.0. The monoisotopic (exact) mass is 334 g/mol. The van der Waals surface area contributed by atoms with Gasteiger partial charge in [0, 0.05) is 30.1 Å². The number of carbonyl (C=O) groups is 1. The lowest BCUT2D eigenvalue weighted by molar-refractivity contribution is 0.0994. The van der Waals surface area contributed by atoms with E-state index in [4.69, 9.17) is 5.73 Å². The first-order valence-corrected chi connectivity index (χ1v) is 9.86. The summed E-state index contributed by atoms with van der Waals surface area (Å²) in [5.41, 5.74) is 7.65. The van der Waals surface area contributed by atoms with Crippen molar-refractivity contribution >= 4 is 15.8 Å². The van der Waals surface area contributed by atoms with Gasteiger partial charge in [0.15, 0.2) is 5.78 Å². The first-order valence-electron chi connectivity index (χ1n) is 8.42. The van der Waals surface area contributed by atoms with Gasteiger partial charge in [0.25, 0.3) is 0 Å². The van der Waals surface area contributed by atoms with Crippen molar-refractivity contribution in [3.8, 4) is 0 Å². The number of piperidine rings is 2. The molecule has 0 spiro atoms. The molecule has 0 radical (unpaired) electrons. The fourth-order valence-corrected chi connectivity index (χ4v) is 6.39. The first kappa shape index (κ1) is 15.3. The van der Waals surface area contributed by atoms with Gasteiger partial charge in [-0.05, 0) is 49.8 Å². The van der Waals surface area contributed by atoms with Gasteiger partial charge in [-0.3, -0.25) is 4.79 Å². The Balaban J connectivity index is 1.73. The van der Waals surface area contributed by atoms with Crippen LogP contribution in [0.2, 0.25) is 0 Å². The van der Waals surface area contributed by atoms with E-state index in [1.807, 2.05) is 0 Å². The lowest BCUT2D eigenvalue weighted by Crippen LogP contribution is -2.57. The number of ketones is 1. The zero-order valence-corrected chi connectivity index (χ0v) is 13.9. The molecule has 1 aromatic carbocycles. The molecule has 124 valence electrons. The van der Waals surface area contributed by atoms with Crippen molar-refractivity contribution in [2.75, 3.05) is 0 Å². The van der Waals surface area contributed by atoms with Gasteiger partial charge in [0.1, 0.15) is 0 Å². The highest BCUT2D eigenvalue weighted by molar-refractivity contribution is 7.89. The molecule has 2 atom stereocenters. The normalized spacial score (nSPS) is 31.2. The molecule has 1 aliphatic carbocycles. The number of Topliss-reactive ketones (excluding diaryl/α,β-unsaturated/α-hetero) is 1. The standard InChI is InChI=1S/C17H22N2O3S/c18-12-8-13-2-1-3-14(9-12)19(13)23(21,22)15-6-4-11-5-7-17(20)16(11)10-15/h4,6,10,12-14H,1-3,5,7-9,18H2. The van der Waals surface area contributed by atoms with Crippen LogP contribution in [0.25, 0.3) is 0 Å². The van der Waals surface area contributed by atoms with Gasteiger partial charge in [-0.15, -0.1) is 0 Å². The number of hydrogen-bond acceptors (Lipinski definition) is 4. The molecule has 2 unspecified atom stereocenters. The smallest absolute Gasteiger partial charge is 0.243 e. The third-order valence-corrected chi connectivity index (χ3v) is 7.52. The second-order valence-electron chi connectivity index (χ2n) is 7.05. The summed E-state index contributed by atoms with van der Waals surface area (Å²) in [5.74, 6) is 0.0536. The molecule has 0 amide bonds. The van der Waals surface area contributed by atoms with Crippen molar-refractivity contribution in [3.05, 3.63) is 29.3 Å². The van der Waals surface area contributed by atoms with Crippen LogP contribution >= 0.6 is 0 Å². The highest BCUT2D eigenvalue weighted by Gasteiger charge is 2.44. The van der Waals surface area contributed by atoms with Gasteiger partial charge in [0.05, 0.1) is 4.90 Å². The number of aryl methyl sites for hydroxylation is 1. The van der Waals surface area contributed by atoms with E-state index in [9.17, 15) is 13.2 Å². The molecular weight excluding hydrogens is 312 g/mol. The minimum Gasteiger partial charge on any atom is -0.328 e. The van der Waals surface area contributed by atoms with Crippen LogP contribution in [0.3, 0.4) is 0 Å². The minimum absolute atomic E-state index is 0.00598. The van der Waals surface area contributed by atoms with E-state index in [1.165, 1.54) is 0 Å². The Kier molecular flexibility index (Phi) is 3.59. The zero-order valence-electron chi connectivity index (χ0n) is 13.1. The van der Waals surface area contributed by atoms with Crippen LogP contribution < -0.4 is 5.73 Å². The molecule has 1 aromatic rings. The summed E-state index contributed by atoms with van der Waals surface area (Å²) in [6.45, 7) is 0. The van der Waals surface area contributed by atoms with Gasteiger partial charge < -0.3 is 5.73 Å². The third-order valence-electron chi connectivity index (χ3n) is 5.52. The summed E-state index contributed by atoms with van der Waals surface area (Å²) in [4.78, 5) is 12.2. The van der Waals surface area contributed by atoms with E-state index in [1.54, 1.807) is 22.5 Å². The molecule has 6 heteroatoms. The Morgan fingerprint density at radius 1 is 1.09 bits per heavy atom. The van der Waals surface area contributed by atoms with Gasteiger partial charge >= 0.3 is 0 Å². The highest BCUT2D eigenvalue weighted by Crippen LogP contribution is 2.38. The Labute approximate surface area is 136 Å². The summed E-state index contributed by atoms with van der Waals surface area (Å²) in [7, 11) is -3.56. The molecule has 2 saturated heterocycles. The molecule has 2 N–H and O–H groups in total. The fourth-order valence-electron chi connectivity index (χ4n) is 4.47. The molecule has 2 fully saturated rings. The second-order valence-corrected chi connectivity index (χ2v) is 8.89. The number of benzene rings is 1. The molecule has 3 aliphatic rings. The number of nitrogens with zero attached hydrogens (tertiary/aromatic N) is 1. The number of carbonyl (C=O) groups excluding carboxylic acids is 1. The Morgan fingerprint density at radius 2 is 1.78 bits per heavy atom. The van der Waals surface area contributed by atoms with Crippen LogP contribution in [0, 0.1) is 0 Å². The maximum absolute atomic E-state index is 13.2. The molecule has 5 nitrogen and oxygen atoms in total. The number of nitrogens with two attached hydrogens (primary N) is 1. The second kappa shape index (κ2) is 5.40. The SMILES string of the molecule is NC1CC2CCCC(C1)N2S(=O)(=O)c1ccc2c(c1)C(=O)CC2. The maximum Gasteiger partial charge on any atom is 0.243 e.